The van der Waals surface area contributed by atoms with Gasteiger partial charge in [0.15, 0.2) is 5.78 Å². The molecule has 0 aliphatic heterocycles. The second-order valence-corrected chi connectivity index (χ2v) is 7.19. The number of hydrogen-bond acceptors (Lipinski definition) is 1. The largest absolute Gasteiger partial charge is 0.289 e. The molecule has 1 saturated carbocycles. The fraction of sp³-hybridized carbons (Fsp3) is 0.261. The maximum Gasteiger partial charge on any atom is 0.185 e. The van der Waals surface area contributed by atoms with E-state index in [4.69, 9.17) is 0 Å². The summed E-state index contributed by atoms with van der Waals surface area (Å²) in [7, 11) is 0. The summed E-state index contributed by atoms with van der Waals surface area (Å²) >= 11 is 0. The van der Waals surface area contributed by atoms with Crippen LogP contribution in [-0.4, -0.2) is 5.78 Å². The minimum Gasteiger partial charge on any atom is -0.289 e. The van der Waals surface area contributed by atoms with Crippen LogP contribution in [0.4, 0.5) is 4.39 Å². The lowest BCUT2D eigenvalue weighted by Gasteiger charge is -2.17. The Hall–Kier alpha value is -2.48. The molecule has 25 heavy (non-hydrogen) atoms. The summed E-state index contributed by atoms with van der Waals surface area (Å²) in [5, 5.41) is 0. The minimum absolute atomic E-state index is 0.0290. The molecule has 0 aromatic heterocycles. The average Bonchev–Trinajstić information content (AvgIpc) is 3.25. The van der Waals surface area contributed by atoms with E-state index in [2.05, 4.69) is 24.3 Å². The predicted molar refractivity (Wildman–Crippen MR) is 98.8 cm³/mol. The highest BCUT2D eigenvalue weighted by Crippen LogP contribution is 2.44. The summed E-state index contributed by atoms with van der Waals surface area (Å²) in [6.07, 6.45) is 11.8. The summed E-state index contributed by atoms with van der Waals surface area (Å²) in [4.78, 5) is 12.3. The lowest BCUT2D eigenvalue weighted by atomic mass is 9.87. The summed E-state index contributed by atoms with van der Waals surface area (Å²) in [6, 6.07) is 14.1. The fourth-order valence-electron chi connectivity index (χ4n) is 4.08. The van der Waals surface area contributed by atoms with Crippen molar-refractivity contribution in [3.8, 4) is 0 Å². The Bertz CT molecular complexity index is 814. The number of carbonyl (C=O) groups excluding carboxylic acids is 1. The third-order valence-electron chi connectivity index (χ3n) is 5.45. The number of benzene rings is 2. The van der Waals surface area contributed by atoms with E-state index in [0.717, 1.165) is 29.7 Å². The van der Waals surface area contributed by atoms with E-state index in [1.807, 2.05) is 12.1 Å². The number of hydrogen-bond donors (Lipinski definition) is 0. The highest BCUT2D eigenvalue weighted by Gasteiger charge is 2.35. The second-order valence-electron chi connectivity index (χ2n) is 7.19. The van der Waals surface area contributed by atoms with Crippen LogP contribution >= 0.6 is 0 Å². The summed E-state index contributed by atoms with van der Waals surface area (Å²) < 4.78 is 12.9. The van der Waals surface area contributed by atoms with Crippen LogP contribution < -0.4 is 0 Å². The molecular weight excluding hydrogens is 311 g/mol. The van der Waals surface area contributed by atoms with Crippen molar-refractivity contribution in [2.45, 2.75) is 19.3 Å². The van der Waals surface area contributed by atoms with Crippen LogP contribution in [0.1, 0.15) is 34.3 Å². The Kier molecular flexibility index (Phi) is 4.35. The van der Waals surface area contributed by atoms with Gasteiger partial charge < -0.3 is 0 Å². The van der Waals surface area contributed by atoms with Crippen LogP contribution in [0.2, 0.25) is 0 Å². The van der Waals surface area contributed by atoms with E-state index in [1.165, 1.54) is 30.5 Å². The summed E-state index contributed by atoms with van der Waals surface area (Å²) in [6.45, 7) is 0. The standard InChI is InChI=1S/C23H21FO/c24-22-10-4-16(5-11-22)6-12-23(25)19-7-1-17(2-8-19)13-21-15-18-3-9-20(21)14-18/h1-12,18,20-21H,13-15H2/b12-6+. The molecule has 2 aliphatic rings. The van der Waals surface area contributed by atoms with E-state index >= 15 is 0 Å². The molecule has 2 aliphatic carbocycles. The second kappa shape index (κ2) is 6.79. The zero-order chi connectivity index (χ0) is 17.2. The van der Waals surface area contributed by atoms with Crippen molar-refractivity contribution in [3.63, 3.8) is 0 Å². The Morgan fingerprint density at radius 3 is 2.40 bits per heavy atom. The van der Waals surface area contributed by atoms with Crippen molar-refractivity contribution < 1.29 is 9.18 Å². The normalized spacial score (nSPS) is 24.3. The molecular formula is C23H21FO. The summed E-state index contributed by atoms with van der Waals surface area (Å²) in [5.74, 6) is 2.01. The number of rotatable bonds is 5. The van der Waals surface area contributed by atoms with Crippen LogP contribution in [-0.2, 0) is 6.42 Å². The molecule has 4 rings (SSSR count). The first kappa shape index (κ1) is 16.0. The van der Waals surface area contributed by atoms with Crippen LogP contribution in [0.5, 0.6) is 0 Å². The SMILES string of the molecule is O=C(/C=C/c1ccc(F)cc1)c1ccc(CC2CC3C=CC2C3)cc1. The quantitative estimate of drug-likeness (QED) is 0.403. The Morgan fingerprint density at radius 1 is 1.00 bits per heavy atom. The fourth-order valence-corrected chi connectivity index (χ4v) is 4.08. The van der Waals surface area contributed by atoms with Gasteiger partial charge in [-0.05, 0) is 66.4 Å². The van der Waals surface area contributed by atoms with Gasteiger partial charge in [0.25, 0.3) is 0 Å². The van der Waals surface area contributed by atoms with Gasteiger partial charge in [-0.25, -0.2) is 4.39 Å². The highest BCUT2D eigenvalue weighted by molar-refractivity contribution is 6.06. The highest BCUT2D eigenvalue weighted by atomic mass is 19.1. The molecule has 1 fully saturated rings. The van der Waals surface area contributed by atoms with Crippen molar-refractivity contribution in [2.24, 2.45) is 17.8 Å². The third kappa shape index (κ3) is 3.63. The minimum atomic E-state index is -0.273. The number of carbonyl (C=O) groups is 1. The monoisotopic (exact) mass is 332 g/mol. The maximum atomic E-state index is 12.9. The van der Waals surface area contributed by atoms with Crippen molar-refractivity contribution in [1.29, 1.82) is 0 Å². The van der Waals surface area contributed by atoms with Gasteiger partial charge in [0.1, 0.15) is 5.82 Å². The maximum absolute atomic E-state index is 12.9. The van der Waals surface area contributed by atoms with Gasteiger partial charge in [0.2, 0.25) is 0 Å². The van der Waals surface area contributed by atoms with Crippen molar-refractivity contribution in [2.75, 3.05) is 0 Å². The lowest BCUT2D eigenvalue weighted by molar-refractivity contribution is 0.104. The van der Waals surface area contributed by atoms with E-state index in [9.17, 15) is 9.18 Å². The zero-order valence-corrected chi connectivity index (χ0v) is 14.1. The predicted octanol–water partition coefficient (Wildman–Crippen LogP) is 5.48. The van der Waals surface area contributed by atoms with Gasteiger partial charge in [-0.3, -0.25) is 4.79 Å². The van der Waals surface area contributed by atoms with Crippen LogP contribution in [0, 0.1) is 23.6 Å². The van der Waals surface area contributed by atoms with Crippen molar-refractivity contribution >= 4 is 11.9 Å². The van der Waals surface area contributed by atoms with Crippen LogP contribution in [0.3, 0.4) is 0 Å². The molecule has 0 spiro atoms. The lowest BCUT2D eigenvalue weighted by Crippen LogP contribution is -2.10. The van der Waals surface area contributed by atoms with E-state index < -0.39 is 0 Å². The topological polar surface area (TPSA) is 17.1 Å². The first-order valence-corrected chi connectivity index (χ1v) is 8.92. The van der Waals surface area contributed by atoms with Gasteiger partial charge in [0, 0.05) is 5.56 Å². The van der Waals surface area contributed by atoms with Gasteiger partial charge in [-0.1, -0.05) is 54.6 Å². The van der Waals surface area contributed by atoms with Crippen molar-refractivity contribution in [1.82, 2.24) is 0 Å². The molecule has 0 heterocycles. The molecule has 2 aromatic carbocycles. The summed E-state index contributed by atoms with van der Waals surface area (Å²) in [5.41, 5.74) is 2.82. The smallest absolute Gasteiger partial charge is 0.185 e. The molecule has 0 N–H and O–H groups in total. The molecule has 0 radical (unpaired) electrons. The molecule has 2 aromatic rings. The van der Waals surface area contributed by atoms with Crippen molar-refractivity contribution in [3.05, 3.63) is 89.3 Å². The molecule has 3 atom stereocenters. The van der Waals surface area contributed by atoms with Gasteiger partial charge in [-0.2, -0.15) is 0 Å². The van der Waals surface area contributed by atoms with E-state index in [1.54, 1.807) is 24.3 Å². The molecule has 2 heteroatoms. The Balaban J connectivity index is 1.38. The van der Waals surface area contributed by atoms with Gasteiger partial charge in [0.05, 0.1) is 0 Å². The first-order valence-electron chi connectivity index (χ1n) is 8.92. The molecule has 0 amide bonds. The van der Waals surface area contributed by atoms with Crippen LogP contribution in [0.25, 0.3) is 6.08 Å². The third-order valence-corrected chi connectivity index (χ3v) is 5.45. The Labute approximate surface area is 147 Å². The Morgan fingerprint density at radius 2 is 1.76 bits per heavy atom. The number of halogens is 1. The molecule has 0 saturated heterocycles. The molecule has 2 bridgehead atoms. The average molecular weight is 332 g/mol. The first-order chi connectivity index (χ1) is 12.2. The van der Waals surface area contributed by atoms with E-state index in [0.29, 0.717) is 5.56 Å². The molecule has 1 nitrogen and oxygen atoms in total. The van der Waals surface area contributed by atoms with Crippen LogP contribution in [0.15, 0.2) is 66.8 Å². The molecule has 126 valence electrons. The van der Waals surface area contributed by atoms with Gasteiger partial charge in [-0.15, -0.1) is 0 Å². The molecule has 3 unspecified atom stereocenters. The van der Waals surface area contributed by atoms with Gasteiger partial charge >= 0.3 is 0 Å². The number of ketones is 1. The number of allylic oxidation sites excluding steroid dienone is 3. The van der Waals surface area contributed by atoms with E-state index in [-0.39, 0.29) is 11.6 Å². The number of fused-ring (bicyclic) bond motifs is 2. The zero-order valence-electron chi connectivity index (χ0n) is 14.1.